The molecule has 2 N–H and O–H groups in total. The quantitative estimate of drug-likeness (QED) is 0.888. The number of urea groups is 1. The van der Waals surface area contributed by atoms with Crippen LogP contribution in [0.5, 0.6) is 0 Å². The first-order valence-electron chi connectivity index (χ1n) is 8.92. The van der Waals surface area contributed by atoms with Crippen molar-refractivity contribution >= 4 is 17.8 Å². The van der Waals surface area contributed by atoms with Crippen LogP contribution in [0.15, 0.2) is 48.7 Å². The summed E-state index contributed by atoms with van der Waals surface area (Å²) in [5, 5.41) is 5.77. The molecule has 6 heteroatoms. The lowest BCUT2D eigenvalue weighted by Crippen LogP contribution is -2.47. The molecule has 2 aromatic rings. The van der Waals surface area contributed by atoms with E-state index in [2.05, 4.69) is 15.6 Å². The van der Waals surface area contributed by atoms with E-state index in [1.807, 2.05) is 43.3 Å². The second-order valence-corrected chi connectivity index (χ2v) is 6.64. The molecule has 0 saturated carbocycles. The van der Waals surface area contributed by atoms with Crippen molar-refractivity contribution in [1.29, 1.82) is 0 Å². The summed E-state index contributed by atoms with van der Waals surface area (Å²) in [5.41, 5.74) is 2.10. The van der Waals surface area contributed by atoms with Gasteiger partial charge in [-0.25, -0.2) is 9.78 Å². The van der Waals surface area contributed by atoms with Crippen molar-refractivity contribution < 1.29 is 9.59 Å². The van der Waals surface area contributed by atoms with Crippen LogP contribution in [-0.4, -0.2) is 34.9 Å². The molecule has 0 bridgehead atoms. The Morgan fingerprint density at radius 1 is 1.19 bits per heavy atom. The van der Waals surface area contributed by atoms with E-state index in [-0.39, 0.29) is 17.9 Å². The van der Waals surface area contributed by atoms with E-state index < -0.39 is 0 Å². The first-order chi connectivity index (χ1) is 12.6. The molecule has 2 heterocycles. The summed E-state index contributed by atoms with van der Waals surface area (Å²) in [6.45, 7) is 3.54. The van der Waals surface area contributed by atoms with E-state index in [0.717, 1.165) is 24.0 Å². The van der Waals surface area contributed by atoms with Crippen LogP contribution < -0.4 is 10.6 Å². The van der Waals surface area contributed by atoms with Crippen LogP contribution in [0, 0.1) is 12.8 Å². The van der Waals surface area contributed by atoms with Gasteiger partial charge >= 0.3 is 6.03 Å². The number of anilines is 1. The monoisotopic (exact) mass is 352 g/mol. The highest BCUT2D eigenvalue weighted by Crippen LogP contribution is 2.18. The first-order valence-corrected chi connectivity index (χ1v) is 8.92. The Hall–Kier alpha value is -2.89. The van der Waals surface area contributed by atoms with Gasteiger partial charge in [0.15, 0.2) is 0 Å². The minimum Gasteiger partial charge on any atom is -0.334 e. The van der Waals surface area contributed by atoms with Crippen molar-refractivity contribution in [1.82, 2.24) is 15.2 Å². The fourth-order valence-electron chi connectivity index (χ4n) is 3.03. The Morgan fingerprint density at radius 3 is 2.73 bits per heavy atom. The molecule has 1 aromatic heterocycles. The lowest BCUT2D eigenvalue weighted by molar-refractivity contribution is -0.121. The number of carbonyl (C=O) groups is 2. The number of rotatable bonds is 4. The van der Waals surface area contributed by atoms with E-state index in [1.54, 1.807) is 17.2 Å². The molecule has 0 aliphatic carbocycles. The summed E-state index contributed by atoms with van der Waals surface area (Å²) in [6, 6.07) is 13.4. The molecule has 1 saturated heterocycles. The van der Waals surface area contributed by atoms with E-state index in [4.69, 9.17) is 0 Å². The maximum Gasteiger partial charge on any atom is 0.317 e. The van der Waals surface area contributed by atoms with Crippen molar-refractivity contribution in [3.8, 4) is 0 Å². The lowest BCUT2D eigenvalue weighted by Gasteiger charge is -2.32. The van der Waals surface area contributed by atoms with Gasteiger partial charge in [-0.15, -0.1) is 0 Å². The summed E-state index contributed by atoms with van der Waals surface area (Å²) in [5.74, 6) is 0.252. The second-order valence-electron chi connectivity index (χ2n) is 6.64. The normalized spacial score (nSPS) is 16.8. The number of hydrogen-bond acceptors (Lipinski definition) is 3. The number of likely N-dealkylation sites (tertiary alicyclic amines) is 1. The molecule has 0 unspecified atom stereocenters. The number of amides is 3. The molecule has 0 spiro atoms. The fourth-order valence-corrected chi connectivity index (χ4v) is 3.03. The molecule has 6 nitrogen and oxygen atoms in total. The SMILES string of the molecule is Cc1ccc(NC(=O)[C@@H]2CCCN(C(=O)NCc3ccccc3)C2)nc1. The summed E-state index contributed by atoms with van der Waals surface area (Å²) in [4.78, 5) is 30.8. The molecule has 3 rings (SSSR count). The average molecular weight is 352 g/mol. The van der Waals surface area contributed by atoms with Crippen molar-refractivity contribution in [2.75, 3.05) is 18.4 Å². The Balaban J connectivity index is 1.52. The minimum atomic E-state index is -0.214. The molecule has 1 aromatic carbocycles. The molecule has 26 heavy (non-hydrogen) atoms. The van der Waals surface area contributed by atoms with Gasteiger partial charge < -0.3 is 15.5 Å². The number of benzene rings is 1. The summed E-state index contributed by atoms with van der Waals surface area (Å²) in [7, 11) is 0. The predicted molar refractivity (Wildman–Crippen MR) is 101 cm³/mol. The largest absolute Gasteiger partial charge is 0.334 e. The average Bonchev–Trinajstić information content (AvgIpc) is 2.69. The molecule has 1 aliphatic rings. The fraction of sp³-hybridized carbons (Fsp3) is 0.350. The summed E-state index contributed by atoms with van der Waals surface area (Å²) < 4.78 is 0. The zero-order chi connectivity index (χ0) is 18.4. The smallest absolute Gasteiger partial charge is 0.317 e. The van der Waals surface area contributed by atoms with Gasteiger partial charge in [-0.05, 0) is 37.0 Å². The lowest BCUT2D eigenvalue weighted by atomic mass is 9.97. The third-order valence-corrected chi connectivity index (χ3v) is 4.53. The highest BCUT2D eigenvalue weighted by atomic mass is 16.2. The first kappa shape index (κ1) is 17.9. The van der Waals surface area contributed by atoms with Gasteiger partial charge in [0.05, 0.1) is 5.92 Å². The molecule has 1 fully saturated rings. The van der Waals surface area contributed by atoms with Crippen LogP contribution in [-0.2, 0) is 11.3 Å². The standard InChI is InChI=1S/C20H24N4O2/c1-15-9-10-18(21-12-15)23-19(25)17-8-5-11-24(14-17)20(26)22-13-16-6-3-2-4-7-16/h2-4,6-7,9-10,12,17H,5,8,11,13-14H2,1H3,(H,22,26)(H,21,23,25)/t17-/m1/s1. The molecule has 1 aliphatic heterocycles. The Labute approximate surface area is 153 Å². The Morgan fingerprint density at radius 2 is 2.00 bits per heavy atom. The highest BCUT2D eigenvalue weighted by Gasteiger charge is 2.28. The van der Waals surface area contributed by atoms with E-state index >= 15 is 0 Å². The Bertz CT molecular complexity index is 746. The van der Waals surface area contributed by atoms with Crippen LogP contribution in [0.3, 0.4) is 0 Å². The van der Waals surface area contributed by atoms with E-state index in [9.17, 15) is 9.59 Å². The maximum absolute atomic E-state index is 12.5. The van der Waals surface area contributed by atoms with E-state index in [1.165, 1.54) is 0 Å². The van der Waals surface area contributed by atoms with Gasteiger partial charge in [0.25, 0.3) is 0 Å². The van der Waals surface area contributed by atoms with Crippen molar-refractivity contribution in [3.63, 3.8) is 0 Å². The maximum atomic E-state index is 12.5. The van der Waals surface area contributed by atoms with Crippen molar-refractivity contribution in [3.05, 3.63) is 59.8 Å². The van der Waals surface area contributed by atoms with Crippen molar-refractivity contribution in [2.45, 2.75) is 26.3 Å². The number of aryl methyl sites for hydroxylation is 1. The van der Waals surface area contributed by atoms with Crippen LogP contribution in [0.25, 0.3) is 0 Å². The van der Waals surface area contributed by atoms with Crippen LogP contribution in [0.2, 0.25) is 0 Å². The van der Waals surface area contributed by atoms with Crippen LogP contribution in [0.4, 0.5) is 10.6 Å². The van der Waals surface area contributed by atoms with Gasteiger partial charge in [-0.3, -0.25) is 4.79 Å². The van der Waals surface area contributed by atoms with Gasteiger partial charge in [-0.2, -0.15) is 0 Å². The molecule has 3 amide bonds. The number of pyridine rings is 1. The summed E-state index contributed by atoms with van der Waals surface area (Å²) in [6.07, 6.45) is 3.32. The third-order valence-electron chi connectivity index (χ3n) is 4.53. The number of nitrogens with one attached hydrogen (secondary N) is 2. The predicted octanol–water partition coefficient (Wildman–Crippen LogP) is 2.95. The van der Waals surface area contributed by atoms with Gasteiger partial charge in [0.2, 0.25) is 5.91 Å². The van der Waals surface area contributed by atoms with Gasteiger partial charge in [-0.1, -0.05) is 36.4 Å². The van der Waals surface area contributed by atoms with Gasteiger partial charge in [0.1, 0.15) is 5.82 Å². The van der Waals surface area contributed by atoms with Crippen molar-refractivity contribution in [2.24, 2.45) is 5.92 Å². The van der Waals surface area contributed by atoms with E-state index in [0.29, 0.717) is 25.5 Å². The summed E-state index contributed by atoms with van der Waals surface area (Å²) >= 11 is 0. The molecule has 0 radical (unpaired) electrons. The molecular weight excluding hydrogens is 328 g/mol. The molecule has 1 atom stereocenters. The zero-order valence-corrected chi connectivity index (χ0v) is 14.9. The van der Waals surface area contributed by atoms with Gasteiger partial charge in [0, 0.05) is 25.8 Å². The Kier molecular flexibility index (Phi) is 5.84. The highest BCUT2D eigenvalue weighted by molar-refractivity contribution is 5.92. The van der Waals surface area contributed by atoms with Crippen LogP contribution in [0.1, 0.15) is 24.0 Å². The number of nitrogens with zero attached hydrogens (tertiary/aromatic N) is 2. The topological polar surface area (TPSA) is 74.3 Å². The number of hydrogen-bond donors (Lipinski definition) is 2. The molecular formula is C20H24N4O2. The molecule has 136 valence electrons. The zero-order valence-electron chi connectivity index (χ0n) is 14.9. The van der Waals surface area contributed by atoms with Crippen LogP contribution >= 0.6 is 0 Å². The number of carbonyl (C=O) groups excluding carboxylic acids is 2. The number of aromatic nitrogens is 1. The minimum absolute atomic E-state index is 0.0816. The third kappa shape index (κ3) is 4.81. The number of piperidine rings is 1. The second kappa shape index (κ2) is 8.47.